The largest absolute Gasteiger partial charge is 0.487 e. The number of anilines is 1. The highest BCUT2D eigenvalue weighted by atomic mass is 32.2. The molecule has 0 saturated carbocycles. The van der Waals surface area contributed by atoms with E-state index in [0.717, 1.165) is 43.9 Å². The Morgan fingerprint density at radius 2 is 1.88 bits per heavy atom. The second-order valence-electron chi connectivity index (χ2n) is 12.8. The molecule has 1 fully saturated rings. The van der Waals surface area contributed by atoms with Crippen LogP contribution in [0.25, 0.3) is 11.0 Å². The topological polar surface area (TPSA) is 135 Å². The number of sulfonamides is 1. The summed E-state index contributed by atoms with van der Waals surface area (Å²) in [5, 5.41) is 5.41. The number of amides is 1. The number of nitrogens with zero attached hydrogens (tertiary/aromatic N) is 5. The number of rotatable bonds is 9. The lowest BCUT2D eigenvalue weighted by molar-refractivity contribution is -0.0371. The Bertz CT molecular complexity index is 1990. The van der Waals surface area contributed by atoms with Crippen molar-refractivity contribution in [1.29, 1.82) is 0 Å². The zero-order valence-corrected chi connectivity index (χ0v) is 29.0. The molecule has 16 heteroatoms. The number of fused-ring (bicyclic) bond motifs is 1. The molecule has 1 unspecified atom stereocenters. The first kappa shape index (κ1) is 35.9. The van der Waals surface area contributed by atoms with E-state index in [9.17, 15) is 17.6 Å². The predicted octanol–water partition coefficient (Wildman–Crippen LogP) is 7.09. The van der Waals surface area contributed by atoms with Gasteiger partial charge in [-0.3, -0.25) is 0 Å². The standard InChI is InChI=1S/C33H38F3N5O7S/c1-18(2)27-24(16-37-30-28(27)19(3)39-40(30)26-10-8-9-13-46-26)47-17-21-22(35)11-12-23(29(21)36)41(32(42)48-33(4,5)6)49(43,44)25-14-20(34)15-38-31(25)45-7/h11-12,14-16,18,26H,8-10,13,17H2,1-7H3. The summed E-state index contributed by atoms with van der Waals surface area (Å²) in [6, 6.07) is 2.10. The van der Waals surface area contributed by atoms with Crippen LogP contribution in [0.5, 0.6) is 11.6 Å². The normalized spacial score (nSPS) is 15.4. The van der Waals surface area contributed by atoms with Crippen LogP contribution in [-0.4, -0.2) is 53.6 Å². The molecule has 0 radical (unpaired) electrons. The second-order valence-corrected chi connectivity index (χ2v) is 14.6. The van der Waals surface area contributed by atoms with Gasteiger partial charge in [-0.15, -0.1) is 0 Å². The molecule has 1 amide bonds. The van der Waals surface area contributed by atoms with E-state index < -0.39 is 67.8 Å². The third-order valence-corrected chi connectivity index (χ3v) is 9.39. The van der Waals surface area contributed by atoms with Crippen molar-refractivity contribution < 1.29 is 45.3 Å². The first-order valence-corrected chi connectivity index (χ1v) is 17.1. The lowest BCUT2D eigenvalue weighted by Crippen LogP contribution is -2.42. The van der Waals surface area contributed by atoms with Crippen molar-refractivity contribution >= 4 is 32.8 Å². The highest BCUT2D eigenvalue weighted by molar-refractivity contribution is 7.93. The maximum Gasteiger partial charge on any atom is 0.429 e. The molecule has 1 aliphatic rings. The maximum absolute atomic E-state index is 16.4. The zero-order chi connectivity index (χ0) is 35.8. The van der Waals surface area contributed by atoms with Gasteiger partial charge in [0.2, 0.25) is 5.88 Å². The Balaban J connectivity index is 1.57. The molecule has 0 aliphatic carbocycles. The molecule has 12 nitrogen and oxygen atoms in total. The third-order valence-electron chi connectivity index (χ3n) is 7.72. The van der Waals surface area contributed by atoms with Crippen LogP contribution >= 0.6 is 0 Å². The third kappa shape index (κ3) is 7.15. The molecule has 0 spiro atoms. The fourth-order valence-corrected chi connectivity index (χ4v) is 7.04. The Morgan fingerprint density at radius 1 is 1.14 bits per heavy atom. The molecule has 264 valence electrons. The quantitative estimate of drug-likeness (QED) is 0.178. The summed E-state index contributed by atoms with van der Waals surface area (Å²) < 4.78 is 97.7. The van der Waals surface area contributed by atoms with Crippen molar-refractivity contribution in [2.75, 3.05) is 18.0 Å². The number of aryl methyl sites for hydroxylation is 1. The van der Waals surface area contributed by atoms with Gasteiger partial charge in [-0.05, 0) is 65.0 Å². The Kier molecular flexibility index (Phi) is 10.1. The molecule has 1 aromatic carbocycles. The van der Waals surface area contributed by atoms with E-state index in [1.165, 1.54) is 27.0 Å². The lowest BCUT2D eigenvalue weighted by Gasteiger charge is -2.28. The van der Waals surface area contributed by atoms with Crippen molar-refractivity contribution in [3.63, 3.8) is 0 Å². The number of hydrogen-bond acceptors (Lipinski definition) is 10. The van der Waals surface area contributed by atoms with Crippen LogP contribution < -0.4 is 13.8 Å². The van der Waals surface area contributed by atoms with Crippen LogP contribution in [0.3, 0.4) is 0 Å². The SMILES string of the molecule is COc1ncc(F)cc1S(=O)(=O)N(C(=O)OC(C)(C)C)c1ccc(F)c(COc2cnc3c(c(C)nn3C3CCCCO3)c2C(C)C)c1F. The molecule has 0 N–H and O–H groups in total. The predicted molar refractivity (Wildman–Crippen MR) is 173 cm³/mol. The first-order valence-electron chi connectivity index (χ1n) is 15.6. The van der Waals surface area contributed by atoms with E-state index >= 15 is 8.78 Å². The van der Waals surface area contributed by atoms with Gasteiger partial charge < -0.3 is 18.9 Å². The molecule has 1 atom stereocenters. The number of benzene rings is 1. The highest BCUT2D eigenvalue weighted by Crippen LogP contribution is 2.38. The minimum absolute atomic E-state index is 0.0201. The fraction of sp³-hybridized carbons (Fsp3) is 0.455. The van der Waals surface area contributed by atoms with Gasteiger partial charge in [0.1, 0.15) is 35.3 Å². The van der Waals surface area contributed by atoms with Crippen LogP contribution in [0.15, 0.2) is 35.5 Å². The van der Waals surface area contributed by atoms with Crippen molar-refractivity contribution in [3.8, 4) is 11.6 Å². The summed E-state index contributed by atoms with van der Waals surface area (Å²) in [5.74, 6) is -4.06. The summed E-state index contributed by atoms with van der Waals surface area (Å²) in [6.07, 6.45) is 3.06. The van der Waals surface area contributed by atoms with E-state index in [2.05, 4.69) is 9.97 Å². The fourth-order valence-electron chi connectivity index (χ4n) is 5.59. The molecular weight excluding hydrogens is 667 g/mol. The van der Waals surface area contributed by atoms with Gasteiger partial charge in [0.05, 0.1) is 30.8 Å². The van der Waals surface area contributed by atoms with Gasteiger partial charge in [-0.2, -0.15) is 9.40 Å². The molecule has 0 bridgehead atoms. The number of methoxy groups -OCH3 is 1. The van der Waals surface area contributed by atoms with Crippen molar-refractivity contribution in [2.24, 2.45) is 0 Å². The molecule has 1 saturated heterocycles. The number of aromatic nitrogens is 4. The van der Waals surface area contributed by atoms with Gasteiger partial charge in [0.25, 0.3) is 10.0 Å². The van der Waals surface area contributed by atoms with Crippen LogP contribution in [-0.2, 0) is 26.1 Å². The molecule has 3 aromatic heterocycles. The van der Waals surface area contributed by atoms with Crippen LogP contribution in [0, 0.1) is 24.4 Å². The molecule has 4 heterocycles. The summed E-state index contributed by atoms with van der Waals surface area (Å²) in [7, 11) is -4.08. The molecule has 49 heavy (non-hydrogen) atoms. The average Bonchev–Trinajstić information content (AvgIpc) is 3.37. The van der Waals surface area contributed by atoms with Gasteiger partial charge >= 0.3 is 6.09 Å². The number of ether oxygens (including phenoxy) is 4. The van der Waals surface area contributed by atoms with Gasteiger partial charge in [-0.25, -0.2) is 41.0 Å². The molecule has 5 rings (SSSR count). The minimum atomic E-state index is -5.17. The summed E-state index contributed by atoms with van der Waals surface area (Å²) >= 11 is 0. The smallest absolute Gasteiger partial charge is 0.429 e. The number of halogens is 3. The first-order chi connectivity index (χ1) is 23.0. The van der Waals surface area contributed by atoms with Crippen LogP contribution in [0.4, 0.5) is 23.7 Å². The van der Waals surface area contributed by atoms with Crippen molar-refractivity contribution in [1.82, 2.24) is 19.7 Å². The van der Waals surface area contributed by atoms with Gasteiger partial charge in [0, 0.05) is 23.6 Å². The lowest BCUT2D eigenvalue weighted by atomic mass is 9.99. The number of carbonyl (C=O) groups excluding carboxylic acids is 1. The average molecular weight is 706 g/mol. The number of carbonyl (C=O) groups is 1. The van der Waals surface area contributed by atoms with Gasteiger partial charge in [0.15, 0.2) is 22.6 Å². The van der Waals surface area contributed by atoms with Crippen LogP contribution in [0.1, 0.15) is 82.8 Å². The van der Waals surface area contributed by atoms with Gasteiger partial charge in [-0.1, -0.05) is 13.8 Å². The highest BCUT2D eigenvalue weighted by Gasteiger charge is 2.40. The summed E-state index contributed by atoms with van der Waals surface area (Å²) in [6.45, 7) is 9.97. The van der Waals surface area contributed by atoms with Crippen molar-refractivity contribution in [3.05, 3.63) is 64.9 Å². The van der Waals surface area contributed by atoms with E-state index in [-0.39, 0.29) is 22.2 Å². The van der Waals surface area contributed by atoms with E-state index in [1.807, 2.05) is 20.8 Å². The summed E-state index contributed by atoms with van der Waals surface area (Å²) in [4.78, 5) is 20.7. The molecular formula is C33H38F3N5O7S. The molecule has 1 aliphatic heterocycles. The molecule has 4 aromatic rings. The zero-order valence-electron chi connectivity index (χ0n) is 28.2. The minimum Gasteiger partial charge on any atom is -0.487 e. The maximum atomic E-state index is 16.4. The number of pyridine rings is 2. The Morgan fingerprint density at radius 3 is 2.51 bits per heavy atom. The van der Waals surface area contributed by atoms with E-state index in [4.69, 9.17) is 24.0 Å². The second kappa shape index (κ2) is 13.8. The number of hydrogen-bond donors (Lipinski definition) is 0. The van der Waals surface area contributed by atoms with Crippen LogP contribution in [0.2, 0.25) is 0 Å². The van der Waals surface area contributed by atoms with E-state index in [0.29, 0.717) is 35.8 Å². The Hall–Kier alpha value is -4.44. The van der Waals surface area contributed by atoms with Crippen molar-refractivity contribution in [2.45, 2.75) is 90.1 Å². The van der Waals surface area contributed by atoms with E-state index in [1.54, 1.807) is 4.68 Å². The Labute approximate surface area is 282 Å². The summed E-state index contributed by atoms with van der Waals surface area (Å²) in [5.41, 5.74) is -0.881. The monoisotopic (exact) mass is 705 g/mol.